The number of carbonyl (C=O) groups is 1. The lowest BCUT2D eigenvalue weighted by molar-refractivity contribution is -0.118. The first-order valence-corrected chi connectivity index (χ1v) is 6.62. The molecule has 1 aromatic carbocycles. The van der Waals surface area contributed by atoms with Crippen molar-refractivity contribution in [1.82, 2.24) is 5.32 Å². The van der Waals surface area contributed by atoms with Crippen molar-refractivity contribution >= 4 is 23.4 Å². The van der Waals surface area contributed by atoms with Crippen LogP contribution in [0.15, 0.2) is 18.2 Å². The van der Waals surface area contributed by atoms with Crippen LogP contribution in [0.25, 0.3) is 0 Å². The highest BCUT2D eigenvalue weighted by molar-refractivity contribution is 7.99. The number of carbonyl (C=O) groups excluding carboxylic acids is 1. The second-order valence-electron chi connectivity index (χ2n) is 3.47. The molecule has 0 fully saturated rings. The Morgan fingerprint density at radius 2 is 2.29 bits per heavy atom. The number of hydrogen-bond donors (Lipinski definition) is 2. The maximum absolute atomic E-state index is 11.1. The van der Waals surface area contributed by atoms with E-state index in [1.165, 1.54) is 0 Å². The van der Waals surface area contributed by atoms with Crippen LogP contribution < -0.4 is 15.8 Å². The zero-order chi connectivity index (χ0) is 12.7. The number of nitrogens with one attached hydrogen (secondary N) is 1. The quantitative estimate of drug-likeness (QED) is 0.758. The Balaban J connectivity index is 2.61. The zero-order valence-electron chi connectivity index (χ0n) is 10.2. The van der Waals surface area contributed by atoms with Gasteiger partial charge in [-0.2, -0.15) is 0 Å². The normalized spacial score (nSPS) is 10.0. The summed E-state index contributed by atoms with van der Waals surface area (Å²) in [6, 6.07) is 5.58. The van der Waals surface area contributed by atoms with E-state index < -0.39 is 0 Å². The van der Waals surface area contributed by atoms with E-state index in [0.717, 1.165) is 11.3 Å². The van der Waals surface area contributed by atoms with Crippen LogP contribution in [0.4, 0.5) is 5.69 Å². The summed E-state index contributed by atoms with van der Waals surface area (Å²) in [5, 5.41) is 2.59. The van der Waals surface area contributed by atoms with Gasteiger partial charge in [0.1, 0.15) is 5.75 Å². The van der Waals surface area contributed by atoms with Gasteiger partial charge in [-0.1, -0.05) is 0 Å². The standard InChI is InChI=1S/C12H18N2O2S/c1-3-16-11-5-4-10(13)6-9(11)7-17-8-12(15)14-2/h4-6H,3,7-8,13H2,1-2H3,(H,14,15). The Labute approximate surface area is 106 Å². The summed E-state index contributed by atoms with van der Waals surface area (Å²) in [6.07, 6.45) is 0. The van der Waals surface area contributed by atoms with Crippen molar-refractivity contribution in [2.24, 2.45) is 0 Å². The number of amides is 1. The van der Waals surface area contributed by atoms with Crippen LogP contribution in [-0.2, 0) is 10.5 Å². The molecule has 0 aliphatic heterocycles. The first-order chi connectivity index (χ1) is 8.17. The predicted molar refractivity (Wildman–Crippen MR) is 72.3 cm³/mol. The molecular weight excluding hydrogens is 236 g/mol. The minimum absolute atomic E-state index is 0.0249. The largest absolute Gasteiger partial charge is 0.494 e. The monoisotopic (exact) mass is 254 g/mol. The Kier molecular flexibility index (Phi) is 5.69. The first-order valence-electron chi connectivity index (χ1n) is 5.47. The van der Waals surface area contributed by atoms with Crippen molar-refractivity contribution in [2.75, 3.05) is 25.1 Å². The summed E-state index contributed by atoms with van der Waals surface area (Å²) in [5.41, 5.74) is 7.48. The third-order valence-electron chi connectivity index (χ3n) is 2.15. The lowest BCUT2D eigenvalue weighted by Gasteiger charge is -2.10. The summed E-state index contributed by atoms with van der Waals surface area (Å²) < 4.78 is 5.51. The van der Waals surface area contributed by atoms with Gasteiger partial charge < -0.3 is 15.8 Å². The number of nitrogens with two attached hydrogens (primary N) is 1. The molecule has 94 valence electrons. The molecule has 1 rings (SSSR count). The van der Waals surface area contributed by atoms with Gasteiger partial charge in [0.25, 0.3) is 0 Å². The molecule has 0 spiro atoms. The van der Waals surface area contributed by atoms with Gasteiger partial charge in [-0.05, 0) is 25.1 Å². The molecular formula is C12H18N2O2S. The minimum Gasteiger partial charge on any atom is -0.494 e. The predicted octanol–water partition coefficient (Wildman–Crippen LogP) is 1.65. The third-order valence-corrected chi connectivity index (χ3v) is 3.14. The molecule has 4 nitrogen and oxygen atoms in total. The molecule has 1 amide bonds. The molecule has 0 aromatic heterocycles. The molecule has 0 aliphatic rings. The van der Waals surface area contributed by atoms with Crippen molar-refractivity contribution in [3.8, 4) is 5.75 Å². The van der Waals surface area contributed by atoms with E-state index >= 15 is 0 Å². The molecule has 17 heavy (non-hydrogen) atoms. The van der Waals surface area contributed by atoms with Crippen molar-refractivity contribution < 1.29 is 9.53 Å². The minimum atomic E-state index is 0.0249. The molecule has 1 aromatic rings. The van der Waals surface area contributed by atoms with Crippen LogP contribution in [0.5, 0.6) is 5.75 Å². The topological polar surface area (TPSA) is 64.3 Å². The molecule has 0 radical (unpaired) electrons. The molecule has 0 heterocycles. The third kappa shape index (κ3) is 4.56. The maximum Gasteiger partial charge on any atom is 0.229 e. The summed E-state index contributed by atoms with van der Waals surface area (Å²) in [4.78, 5) is 11.1. The molecule has 5 heteroatoms. The second-order valence-corrected chi connectivity index (χ2v) is 4.45. The van der Waals surface area contributed by atoms with Gasteiger partial charge in [-0.15, -0.1) is 11.8 Å². The van der Waals surface area contributed by atoms with Gasteiger partial charge >= 0.3 is 0 Å². The Hall–Kier alpha value is -1.36. The lowest BCUT2D eigenvalue weighted by Crippen LogP contribution is -2.19. The maximum atomic E-state index is 11.1. The molecule has 0 atom stereocenters. The van der Waals surface area contributed by atoms with E-state index in [1.54, 1.807) is 18.8 Å². The Bertz CT molecular complexity index is 383. The molecule has 0 aliphatic carbocycles. The van der Waals surface area contributed by atoms with Crippen LogP contribution in [0.1, 0.15) is 12.5 Å². The van der Waals surface area contributed by atoms with Gasteiger partial charge in [0.05, 0.1) is 12.4 Å². The van der Waals surface area contributed by atoms with E-state index in [-0.39, 0.29) is 5.91 Å². The van der Waals surface area contributed by atoms with Crippen molar-refractivity contribution in [3.63, 3.8) is 0 Å². The Morgan fingerprint density at radius 1 is 1.53 bits per heavy atom. The van der Waals surface area contributed by atoms with Gasteiger partial charge in [-0.3, -0.25) is 4.79 Å². The Morgan fingerprint density at radius 3 is 2.94 bits per heavy atom. The molecule has 0 saturated carbocycles. The van der Waals surface area contributed by atoms with Gasteiger partial charge in [0, 0.05) is 24.1 Å². The van der Waals surface area contributed by atoms with Crippen LogP contribution in [0.3, 0.4) is 0 Å². The summed E-state index contributed by atoms with van der Waals surface area (Å²) in [5.74, 6) is 2.02. The van der Waals surface area contributed by atoms with Crippen molar-refractivity contribution in [2.45, 2.75) is 12.7 Å². The highest BCUT2D eigenvalue weighted by atomic mass is 32.2. The van der Waals surface area contributed by atoms with Crippen LogP contribution in [-0.4, -0.2) is 25.3 Å². The molecule has 0 bridgehead atoms. The van der Waals surface area contributed by atoms with Gasteiger partial charge in [0.2, 0.25) is 5.91 Å². The zero-order valence-corrected chi connectivity index (χ0v) is 11.0. The fourth-order valence-electron chi connectivity index (χ4n) is 1.33. The number of anilines is 1. The van der Waals surface area contributed by atoms with Crippen molar-refractivity contribution in [1.29, 1.82) is 0 Å². The van der Waals surface area contributed by atoms with Gasteiger partial charge in [-0.25, -0.2) is 0 Å². The van der Waals surface area contributed by atoms with Crippen LogP contribution in [0, 0.1) is 0 Å². The van der Waals surface area contributed by atoms with E-state index in [0.29, 0.717) is 23.8 Å². The first kappa shape index (κ1) is 13.7. The van der Waals surface area contributed by atoms with Crippen LogP contribution >= 0.6 is 11.8 Å². The van der Waals surface area contributed by atoms with Crippen molar-refractivity contribution in [3.05, 3.63) is 23.8 Å². The molecule has 0 unspecified atom stereocenters. The lowest BCUT2D eigenvalue weighted by atomic mass is 10.2. The van der Waals surface area contributed by atoms with E-state index in [9.17, 15) is 4.79 Å². The average Bonchev–Trinajstić information content (AvgIpc) is 2.32. The number of rotatable bonds is 6. The fraction of sp³-hybridized carbons (Fsp3) is 0.417. The number of nitrogen functional groups attached to an aromatic ring is 1. The van der Waals surface area contributed by atoms with E-state index in [4.69, 9.17) is 10.5 Å². The SMILES string of the molecule is CCOc1ccc(N)cc1CSCC(=O)NC. The number of thioether (sulfide) groups is 1. The molecule has 3 N–H and O–H groups in total. The summed E-state index contributed by atoms with van der Waals surface area (Å²) in [6.45, 7) is 2.56. The summed E-state index contributed by atoms with van der Waals surface area (Å²) in [7, 11) is 1.63. The average molecular weight is 254 g/mol. The number of benzene rings is 1. The van der Waals surface area contributed by atoms with Crippen LogP contribution in [0.2, 0.25) is 0 Å². The fourth-order valence-corrected chi connectivity index (χ4v) is 2.21. The number of hydrogen-bond acceptors (Lipinski definition) is 4. The smallest absolute Gasteiger partial charge is 0.229 e. The molecule has 0 saturated heterocycles. The highest BCUT2D eigenvalue weighted by Gasteiger charge is 2.05. The number of ether oxygens (including phenoxy) is 1. The van der Waals surface area contributed by atoms with E-state index in [2.05, 4.69) is 5.32 Å². The highest BCUT2D eigenvalue weighted by Crippen LogP contribution is 2.25. The van der Waals surface area contributed by atoms with E-state index in [1.807, 2.05) is 25.1 Å². The van der Waals surface area contributed by atoms with Gasteiger partial charge in [0.15, 0.2) is 0 Å². The summed E-state index contributed by atoms with van der Waals surface area (Å²) >= 11 is 1.54. The second kappa shape index (κ2) is 7.06.